The van der Waals surface area contributed by atoms with Gasteiger partial charge in [0.25, 0.3) is 0 Å². The van der Waals surface area contributed by atoms with Gasteiger partial charge in [-0.25, -0.2) is 0 Å². The van der Waals surface area contributed by atoms with E-state index in [1.165, 1.54) is 0 Å². The van der Waals surface area contributed by atoms with Crippen LogP contribution in [0.25, 0.3) is 0 Å². The van der Waals surface area contributed by atoms with E-state index in [4.69, 9.17) is 24.7 Å². The van der Waals surface area contributed by atoms with Gasteiger partial charge in [-0.3, -0.25) is 0 Å². The molecule has 25 heavy (non-hydrogen) atoms. The molecule has 0 saturated heterocycles. The van der Waals surface area contributed by atoms with Gasteiger partial charge in [0.1, 0.15) is 23.1 Å². The number of nitrogens with two attached hydrogens (primary N) is 1. The first-order chi connectivity index (χ1) is 12.1. The van der Waals surface area contributed by atoms with Gasteiger partial charge in [0.15, 0.2) is 11.5 Å². The lowest BCUT2D eigenvalue weighted by molar-refractivity contribution is 0.174. The number of halogens is 1. The Kier molecular flexibility index (Phi) is 3.70. The Morgan fingerprint density at radius 3 is 2.64 bits per heavy atom. The molecule has 0 radical (unpaired) electrons. The third-order valence-electron chi connectivity index (χ3n) is 4.21. The van der Waals surface area contributed by atoms with Gasteiger partial charge in [0, 0.05) is 21.7 Å². The fourth-order valence-corrected chi connectivity index (χ4v) is 3.48. The van der Waals surface area contributed by atoms with Crippen molar-refractivity contribution in [2.24, 2.45) is 5.73 Å². The molecule has 2 aromatic carbocycles. The van der Waals surface area contributed by atoms with E-state index >= 15 is 0 Å². The van der Waals surface area contributed by atoms with Crippen LogP contribution in [-0.4, -0.2) is 13.9 Å². The van der Waals surface area contributed by atoms with Gasteiger partial charge in [-0.1, -0.05) is 15.9 Å². The predicted octanol–water partition coefficient (Wildman–Crippen LogP) is 3.40. The average molecular weight is 401 g/mol. The maximum Gasteiger partial charge on any atom is 0.231 e. The van der Waals surface area contributed by atoms with Crippen LogP contribution in [-0.2, 0) is 0 Å². The quantitative estimate of drug-likeness (QED) is 0.830. The Labute approximate surface area is 152 Å². The van der Waals surface area contributed by atoms with E-state index in [1.807, 2.05) is 24.3 Å². The van der Waals surface area contributed by atoms with Crippen molar-refractivity contribution in [3.05, 3.63) is 57.4 Å². The number of allylic oxidation sites excluding steroid dienone is 1. The van der Waals surface area contributed by atoms with Gasteiger partial charge >= 0.3 is 0 Å². The number of hydrogen-bond donors (Lipinski definition) is 1. The minimum atomic E-state index is -0.435. The van der Waals surface area contributed by atoms with E-state index in [9.17, 15) is 5.26 Å². The summed E-state index contributed by atoms with van der Waals surface area (Å²) < 4.78 is 22.9. The number of hydrogen-bond acceptors (Lipinski definition) is 6. The Hall–Kier alpha value is -2.85. The smallest absolute Gasteiger partial charge is 0.231 e. The second-order valence-corrected chi connectivity index (χ2v) is 6.47. The van der Waals surface area contributed by atoms with Gasteiger partial charge in [0.2, 0.25) is 12.7 Å². The molecule has 0 bridgehead atoms. The molecule has 0 amide bonds. The van der Waals surface area contributed by atoms with Crippen molar-refractivity contribution < 1.29 is 18.9 Å². The molecule has 0 aromatic heterocycles. The fraction of sp³-hybridized carbons (Fsp3) is 0.167. The molecule has 0 saturated carbocycles. The van der Waals surface area contributed by atoms with Crippen molar-refractivity contribution in [1.29, 1.82) is 5.26 Å². The van der Waals surface area contributed by atoms with Gasteiger partial charge in [-0.2, -0.15) is 5.26 Å². The zero-order chi connectivity index (χ0) is 17.6. The Morgan fingerprint density at radius 1 is 1.16 bits per heavy atom. The van der Waals surface area contributed by atoms with E-state index in [-0.39, 0.29) is 12.7 Å². The van der Waals surface area contributed by atoms with E-state index in [0.717, 1.165) is 15.6 Å². The molecule has 2 N–H and O–H groups in total. The molecule has 1 atom stereocenters. The number of rotatable bonds is 2. The van der Waals surface area contributed by atoms with Crippen LogP contribution in [0.2, 0.25) is 0 Å². The van der Waals surface area contributed by atoms with Gasteiger partial charge in [-0.05, 0) is 24.3 Å². The second kappa shape index (κ2) is 5.90. The van der Waals surface area contributed by atoms with Crippen molar-refractivity contribution in [3.63, 3.8) is 0 Å². The van der Waals surface area contributed by atoms with Crippen LogP contribution in [0.1, 0.15) is 17.0 Å². The van der Waals surface area contributed by atoms with Crippen molar-refractivity contribution >= 4 is 15.9 Å². The molecule has 0 spiro atoms. The molecular formula is C18H13BrN2O4. The van der Waals surface area contributed by atoms with E-state index in [2.05, 4.69) is 22.0 Å². The summed E-state index contributed by atoms with van der Waals surface area (Å²) in [4.78, 5) is 0. The van der Waals surface area contributed by atoms with Gasteiger partial charge in [-0.15, -0.1) is 0 Å². The number of methoxy groups -OCH3 is 1. The maximum atomic E-state index is 9.67. The van der Waals surface area contributed by atoms with Gasteiger partial charge < -0.3 is 24.7 Å². The molecule has 2 heterocycles. The molecule has 126 valence electrons. The first-order valence-corrected chi connectivity index (χ1v) is 8.26. The van der Waals surface area contributed by atoms with E-state index < -0.39 is 5.92 Å². The molecule has 0 aliphatic carbocycles. The SMILES string of the molecule is COc1ccc(Br)cc1[C@H]1C(C#N)=C(N)Oc2cc3c(cc21)OCO3. The zero-order valence-electron chi connectivity index (χ0n) is 13.2. The van der Waals surface area contributed by atoms with E-state index in [1.54, 1.807) is 13.2 Å². The summed E-state index contributed by atoms with van der Waals surface area (Å²) in [7, 11) is 1.59. The maximum absolute atomic E-state index is 9.67. The minimum absolute atomic E-state index is 0.0703. The molecule has 2 aliphatic heterocycles. The average Bonchev–Trinajstić information content (AvgIpc) is 3.06. The second-order valence-electron chi connectivity index (χ2n) is 5.55. The lowest BCUT2D eigenvalue weighted by Crippen LogP contribution is -2.21. The van der Waals surface area contributed by atoms with Gasteiger partial charge in [0.05, 0.1) is 13.0 Å². The lowest BCUT2D eigenvalue weighted by Gasteiger charge is -2.27. The van der Waals surface area contributed by atoms with Crippen LogP contribution < -0.4 is 24.7 Å². The standard InChI is InChI=1S/C18H13BrN2O4/c1-22-13-3-2-9(19)4-10(13)17-11-5-15-16(24-8-23-15)6-14(11)25-18(21)12(17)7-20/h2-6,17H,8,21H2,1H3/t17-/m1/s1. The monoisotopic (exact) mass is 400 g/mol. The molecule has 0 fully saturated rings. The zero-order valence-corrected chi connectivity index (χ0v) is 14.8. The topological polar surface area (TPSA) is 86.7 Å². The highest BCUT2D eigenvalue weighted by atomic mass is 79.9. The molecule has 2 aliphatic rings. The molecule has 2 aromatic rings. The number of fused-ring (bicyclic) bond motifs is 2. The molecular weight excluding hydrogens is 388 g/mol. The predicted molar refractivity (Wildman–Crippen MR) is 92.6 cm³/mol. The summed E-state index contributed by atoms with van der Waals surface area (Å²) in [6, 6.07) is 11.4. The van der Waals surface area contributed by atoms with Crippen LogP contribution in [0.15, 0.2) is 46.3 Å². The van der Waals surface area contributed by atoms with Crippen molar-refractivity contribution in [2.75, 3.05) is 13.9 Å². The first kappa shape index (κ1) is 15.7. The number of nitriles is 1. The summed E-state index contributed by atoms with van der Waals surface area (Å²) in [5.41, 5.74) is 7.91. The molecule has 7 heteroatoms. The van der Waals surface area contributed by atoms with Crippen LogP contribution >= 0.6 is 15.9 Å². The summed E-state index contributed by atoms with van der Waals surface area (Å²) in [6.07, 6.45) is 0. The Balaban J connectivity index is 1.98. The molecule has 6 nitrogen and oxygen atoms in total. The van der Waals surface area contributed by atoms with Crippen LogP contribution in [0.3, 0.4) is 0 Å². The summed E-state index contributed by atoms with van der Waals surface area (Å²) in [6.45, 7) is 0.150. The Bertz CT molecular complexity index is 949. The first-order valence-electron chi connectivity index (χ1n) is 7.47. The normalized spacial score (nSPS) is 17.6. The summed E-state index contributed by atoms with van der Waals surface area (Å²) >= 11 is 3.48. The van der Waals surface area contributed by atoms with Crippen molar-refractivity contribution in [1.82, 2.24) is 0 Å². The van der Waals surface area contributed by atoms with Crippen LogP contribution in [0.5, 0.6) is 23.0 Å². The van der Waals surface area contributed by atoms with Crippen molar-refractivity contribution in [2.45, 2.75) is 5.92 Å². The summed E-state index contributed by atoms with van der Waals surface area (Å²) in [5.74, 6) is 2.02. The van der Waals surface area contributed by atoms with Crippen molar-refractivity contribution in [3.8, 4) is 29.1 Å². The number of ether oxygens (including phenoxy) is 4. The third-order valence-corrected chi connectivity index (χ3v) is 4.71. The Morgan fingerprint density at radius 2 is 1.92 bits per heavy atom. The minimum Gasteiger partial charge on any atom is -0.496 e. The van der Waals surface area contributed by atoms with E-state index in [0.29, 0.717) is 28.6 Å². The number of benzene rings is 2. The summed E-state index contributed by atoms with van der Waals surface area (Å²) in [5, 5.41) is 9.67. The highest BCUT2D eigenvalue weighted by molar-refractivity contribution is 9.10. The van der Waals surface area contributed by atoms with Crippen LogP contribution in [0, 0.1) is 11.3 Å². The third kappa shape index (κ3) is 2.46. The highest BCUT2D eigenvalue weighted by Crippen LogP contribution is 2.49. The highest BCUT2D eigenvalue weighted by Gasteiger charge is 2.34. The molecule has 4 rings (SSSR count). The fourth-order valence-electron chi connectivity index (χ4n) is 3.10. The largest absolute Gasteiger partial charge is 0.496 e. The van der Waals surface area contributed by atoms with Crippen LogP contribution in [0.4, 0.5) is 0 Å². The lowest BCUT2D eigenvalue weighted by atomic mass is 9.83. The number of nitrogens with zero attached hydrogens (tertiary/aromatic N) is 1. The molecule has 0 unspecified atom stereocenters.